The smallest absolute Gasteiger partial charge is 0.261 e. The van der Waals surface area contributed by atoms with Gasteiger partial charge in [0.05, 0.1) is 23.4 Å². The topological polar surface area (TPSA) is 107 Å². The summed E-state index contributed by atoms with van der Waals surface area (Å²) in [5.41, 5.74) is 0.851. The number of hydrogen-bond donors (Lipinski definition) is 2. The van der Waals surface area contributed by atoms with Crippen LogP contribution in [-0.2, 0) is 14.8 Å². The van der Waals surface area contributed by atoms with Crippen LogP contribution in [0.5, 0.6) is 5.88 Å². The van der Waals surface area contributed by atoms with Crippen molar-refractivity contribution in [1.29, 1.82) is 0 Å². The second kappa shape index (κ2) is 10.2. The Morgan fingerprint density at radius 1 is 0.969 bits per heavy atom. The minimum Gasteiger partial charge on any atom is -0.475 e. The first-order chi connectivity index (χ1) is 15.3. The van der Waals surface area contributed by atoms with Gasteiger partial charge in [0.15, 0.2) is 11.6 Å². The molecular weight excluding hydrogens is 444 g/mol. The highest BCUT2D eigenvalue weighted by molar-refractivity contribution is 7.92. The van der Waals surface area contributed by atoms with E-state index in [0.717, 1.165) is 12.1 Å². The molecule has 11 heteroatoms. The molecule has 0 saturated heterocycles. The van der Waals surface area contributed by atoms with Crippen molar-refractivity contribution in [2.45, 2.75) is 4.90 Å². The van der Waals surface area contributed by atoms with Gasteiger partial charge in [-0.2, -0.15) is 0 Å². The molecule has 1 heterocycles. The van der Waals surface area contributed by atoms with Crippen LogP contribution >= 0.6 is 0 Å². The molecule has 168 valence electrons. The number of ether oxygens (including phenoxy) is 2. The van der Waals surface area contributed by atoms with Crippen LogP contribution in [0.2, 0.25) is 0 Å². The fourth-order valence-corrected chi connectivity index (χ4v) is 3.59. The number of nitrogens with one attached hydrogen (secondary N) is 2. The zero-order chi connectivity index (χ0) is 23.1. The van der Waals surface area contributed by atoms with Gasteiger partial charge in [-0.15, -0.1) is 0 Å². The molecule has 1 amide bonds. The van der Waals surface area contributed by atoms with Crippen LogP contribution in [0.25, 0.3) is 0 Å². The Hall–Kier alpha value is -3.57. The number of anilines is 2. The summed E-state index contributed by atoms with van der Waals surface area (Å²) in [4.78, 5) is 16.0. The molecule has 0 atom stereocenters. The largest absolute Gasteiger partial charge is 0.475 e. The number of carbonyl (C=O) groups is 1. The molecule has 3 rings (SSSR count). The Kier molecular flexibility index (Phi) is 7.33. The molecule has 0 radical (unpaired) electrons. The van der Waals surface area contributed by atoms with E-state index in [1.54, 1.807) is 19.2 Å². The van der Waals surface area contributed by atoms with Crippen molar-refractivity contribution in [3.63, 3.8) is 0 Å². The molecule has 0 aliphatic rings. The summed E-state index contributed by atoms with van der Waals surface area (Å²) in [5, 5.41) is 2.66. The van der Waals surface area contributed by atoms with Crippen molar-refractivity contribution >= 4 is 27.3 Å². The predicted molar refractivity (Wildman–Crippen MR) is 113 cm³/mol. The molecule has 0 unspecified atom stereocenters. The number of benzene rings is 2. The highest BCUT2D eigenvalue weighted by Gasteiger charge is 2.17. The number of nitrogens with zero attached hydrogens (tertiary/aromatic N) is 1. The van der Waals surface area contributed by atoms with Crippen LogP contribution in [0.15, 0.2) is 65.7 Å². The first-order valence-electron chi connectivity index (χ1n) is 9.25. The monoisotopic (exact) mass is 463 g/mol. The van der Waals surface area contributed by atoms with Crippen LogP contribution in [0.4, 0.5) is 20.2 Å². The van der Waals surface area contributed by atoms with Gasteiger partial charge in [-0.1, -0.05) is 0 Å². The fraction of sp³-hybridized carbons (Fsp3) is 0.143. The second-order valence-corrected chi connectivity index (χ2v) is 8.12. The highest BCUT2D eigenvalue weighted by atomic mass is 32.2. The number of sulfonamides is 1. The van der Waals surface area contributed by atoms with Crippen molar-refractivity contribution in [2.75, 3.05) is 30.4 Å². The van der Waals surface area contributed by atoms with E-state index in [2.05, 4.69) is 15.0 Å². The van der Waals surface area contributed by atoms with Gasteiger partial charge in [-0.05, 0) is 48.5 Å². The van der Waals surface area contributed by atoms with Crippen LogP contribution in [0.3, 0.4) is 0 Å². The minimum atomic E-state index is -4.13. The maximum absolute atomic E-state index is 13.3. The van der Waals surface area contributed by atoms with Gasteiger partial charge in [0.25, 0.3) is 15.9 Å². The number of hydrogen-bond acceptors (Lipinski definition) is 6. The number of methoxy groups -OCH3 is 1. The molecule has 0 spiro atoms. The Bertz CT molecular complexity index is 1190. The van der Waals surface area contributed by atoms with E-state index in [4.69, 9.17) is 9.47 Å². The van der Waals surface area contributed by atoms with Crippen LogP contribution in [-0.4, -0.2) is 39.6 Å². The molecule has 2 N–H and O–H groups in total. The van der Waals surface area contributed by atoms with E-state index in [-0.39, 0.29) is 11.3 Å². The van der Waals surface area contributed by atoms with E-state index in [1.807, 2.05) is 0 Å². The number of rotatable bonds is 9. The van der Waals surface area contributed by atoms with Gasteiger partial charge >= 0.3 is 0 Å². The summed E-state index contributed by atoms with van der Waals surface area (Å²) in [5.74, 6) is -2.47. The Morgan fingerprint density at radius 2 is 1.69 bits per heavy atom. The third-order valence-electron chi connectivity index (χ3n) is 4.13. The van der Waals surface area contributed by atoms with E-state index >= 15 is 0 Å². The minimum absolute atomic E-state index is 0.144. The van der Waals surface area contributed by atoms with E-state index in [9.17, 15) is 22.0 Å². The first-order valence-corrected chi connectivity index (χ1v) is 10.7. The lowest BCUT2D eigenvalue weighted by atomic mass is 10.2. The van der Waals surface area contributed by atoms with E-state index in [0.29, 0.717) is 30.8 Å². The molecule has 1 aromatic heterocycles. The van der Waals surface area contributed by atoms with Crippen LogP contribution < -0.4 is 14.8 Å². The maximum Gasteiger partial charge on any atom is 0.261 e. The molecule has 0 aliphatic heterocycles. The van der Waals surface area contributed by atoms with Gasteiger partial charge in [-0.3, -0.25) is 9.52 Å². The highest BCUT2D eigenvalue weighted by Crippen LogP contribution is 2.19. The Labute approximate surface area is 183 Å². The normalized spacial score (nSPS) is 11.1. The number of carbonyl (C=O) groups excluding carboxylic acids is 1. The summed E-state index contributed by atoms with van der Waals surface area (Å²) in [6, 6.07) is 11.0. The molecule has 0 fully saturated rings. The molecule has 0 bridgehead atoms. The zero-order valence-electron chi connectivity index (χ0n) is 16.8. The maximum atomic E-state index is 13.3. The summed E-state index contributed by atoms with van der Waals surface area (Å²) < 4.78 is 63.5. The molecule has 3 aromatic rings. The van der Waals surface area contributed by atoms with E-state index in [1.165, 1.54) is 30.5 Å². The third-order valence-corrected chi connectivity index (χ3v) is 5.51. The molecule has 0 aliphatic carbocycles. The number of amides is 1. The Morgan fingerprint density at radius 3 is 2.31 bits per heavy atom. The van der Waals surface area contributed by atoms with Gasteiger partial charge in [-0.25, -0.2) is 22.2 Å². The second-order valence-electron chi connectivity index (χ2n) is 6.44. The number of halogens is 2. The molecular formula is C21H19F2N3O5S. The van der Waals surface area contributed by atoms with E-state index < -0.39 is 32.5 Å². The van der Waals surface area contributed by atoms with Crippen LogP contribution in [0.1, 0.15) is 10.4 Å². The third kappa shape index (κ3) is 5.99. The number of pyridine rings is 1. The zero-order valence-corrected chi connectivity index (χ0v) is 17.7. The lowest BCUT2D eigenvalue weighted by Gasteiger charge is -2.10. The van der Waals surface area contributed by atoms with Gasteiger partial charge in [0, 0.05) is 24.4 Å². The van der Waals surface area contributed by atoms with Crippen LogP contribution in [0, 0.1) is 11.6 Å². The molecule has 8 nitrogen and oxygen atoms in total. The van der Waals surface area contributed by atoms with Crippen molar-refractivity contribution in [2.24, 2.45) is 0 Å². The average molecular weight is 463 g/mol. The standard InChI is InChI=1S/C21H19F2N3O5S/c1-30-10-11-31-20-9-6-16(13-24-20)25-21(27)14-2-4-15(5-3-14)26-32(28,29)17-7-8-18(22)19(23)12-17/h2-9,12-13,26H,10-11H2,1H3,(H,25,27). The summed E-state index contributed by atoms with van der Waals surface area (Å²) in [6.07, 6.45) is 1.43. The fourth-order valence-electron chi connectivity index (χ4n) is 2.52. The summed E-state index contributed by atoms with van der Waals surface area (Å²) in [7, 11) is -2.57. The lowest BCUT2D eigenvalue weighted by Crippen LogP contribution is -2.14. The lowest BCUT2D eigenvalue weighted by molar-refractivity contribution is 0.102. The summed E-state index contributed by atoms with van der Waals surface area (Å²) >= 11 is 0. The van der Waals surface area contributed by atoms with Gasteiger partial charge in [0.1, 0.15) is 6.61 Å². The van der Waals surface area contributed by atoms with Crippen molar-refractivity contribution in [1.82, 2.24) is 4.98 Å². The molecule has 0 saturated carbocycles. The molecule has 2 aromatic carbocycles. The van der Waals surface area contributed by atoms with Crippen molar-refractivity contribution < 1.29 is 31.5 Å². The average Bonchev–Trinajstić information content (AvgIpc) is 2.77. The molecule has 32 heavy (non-hydrogen) atoms. The number of aromatic nitrogens is 1. The summed E-state index contributed by atoms with van der Waals surface area (Å²) in [6.45, 7) is 0.772. The SMILES string of the molecule is COCCOc1ccc(NC(=O)c2ccc(NS(=O)(=O)c3ccc(F)c(F)c3)cc2)cn1. The van der Waals surface area contributed by atoms with Crippen molar-refractivity contribution in [3.05, 3.63) is 78.0 Å². The quantitative estimate of drug-likeness (QED) is 0.471. The Balaban J connectivity index is 1.62. The first kappa shape index (κ1) is 23.1. The van der Waals surface area contributed by atoms with Gasteiger partial charge < -0.3 is 14.8 Å². The van der Waals surface area contributed by atoms with Gasteiger partial charge in [0.2, 0.25) is 5.88 Å². The predicted octanol–water partition coefficient (Wildman–Crippen LogP) is 3.44. The van der Waals surface area contributed by atoms with Crippen molar-refractivity contribution in [3.8, 4) is 5.88 Å².